The number of rotatable bonds is 6. The summed E-state index contributed by atoms with van der Waals surface area (Å²) in [6.07, 6.45) is 3.99. The van der Waals surface area contributed by atoms with Gasteiger partial charge >= 0.3 is 0 Å². The van der Waals surface area contributed by atoms with Crippen LogP contribution in [0.15, 0.2) is 47.6 Å². The van der Waals surface area contributed by atoms with E-state index in [2.05, 4.69) is 50.6 Å². The van der Waals surface area contributed by atoms with Gasteiger partial charge in [0.2, 0.25) is 0 Å². The highest BCUT2D eigenvalue weighted by Crippen LogP contribution is 2.19. The normalized spacial score (nSPS) is 14.9. The standard InChI is InChI=1S/C22H31N5O.HI/c1-4-28-20-9-8-18(15-17(20)2)16-25-22(23-3)26-19-10-13-27(14-11-19)21-7-5-6-12-24-21;/h5-9,12,15,19H,4,10-11,13-14,16H2,1-3H3,(H2,23,25,26);1H. The third-order valence-electron chi connectivity index (χ3n) is 5.03. The molecule has 1 aliphatic heterocycles. The van der Waals surface area contributed by atoms with Crippen LogP contribution in [-0.2, 0) is 6.54 Å². The molecule has 29 heavy (non-hydrogen) atoms. The lowest BCUT2D eigenvalue weighted by Gasteiger charge is -2.33. The number of anilines is 1. The molecular formula is C22H32IN5O. The van der Waals surface area contributed by atoms with Gasteiger partial charge in [-0.15, -0.1) is 24.0 Å². The molecule has 2 aromatic rings. The fourth-order valence-electron chi connectivity index (χ4n) is 3.51. The molecule has 0 amide bonds. The number of aryl methyl sites for hydroxylation is 1. The maximum atomic E-state index is 5.61. The lowest BCUT2D eigenvalue weighted by atomic mass is 10.1. The molecule has 158 valence electrons. The first kappa shape index (κ1) is 23.3. The summed E-state index contributed by atoms with van der Waals surface area (Å²) in [6, 6.07) is 12.8. The number of nitrogens with one attached hydrogen (secondary N) is 2. The number of aromatic nitrogens is 1. The summed E-state index contributed by atoms with van der Waals surface area (Å²) in [4.78, 5) is 11.2. The fraction of sp³-hybridized carbons (Fsp3) is 0.455. The van der Waals surface area contributed by atoms with Crippen molar-refractivity contribution in [2.45, 2.75) is 39.3 Å². The van der Waals surface area contributed by atoms with Crippen molar-refractivity contribution in [3.05, 3.63) is 53.7 Å². The molecular weight excluding hydrogens is 477 g/mol. The number of guanidine groups is 1. The molecule has 2 heterocycles. The van der Waals surface area contributed by atoms with Gasteiger partial charge in [-0.25, -0.2) is 4.98 Å². The molecule has 7 heteroatoms. The molecule has 3 rings (SSSR count). The van der Waals surface area contributed by atoms with Gasteiger partial charge in [-0.05, 0) is 56.0 Å². The van der Waals surface area contributed by atoms with Gasteiger partial charge in [0.15, 0.2) is 5.96 Å². The SMILES string of the molecule is CCOc1ccc(CNC(=NC)NC2CCN(c3ccccn3)CC2)cc1C.I. The van der Waals surface area contributed by atoms with E-state index in [0.29, 0.717) is 12.6 Å². The molecule has 1 saturated heterocycles. The van der Waals surface area contributed by atoms with Gasteiger partial charge in [0.25, 0.3) is 0 Å². The molecule has 0 bridgehead atoms. The van der Waals surface area contributed by atoms with Gasteiger partial charge in [0.05, 0.1) is 6.61 Å². The molecule has 0 radical (unpaired) electrons. The van der Waals surface area contributed by atoms with Crippen molar-refractivity contribution in [3.8, 4) is 5.75 Å². The maximum absolute atomic E-state index is 5.61. The van der Waals surface area contributed by atoms with Crippen molar-refractivity contribution in [3.63, 3.8) is 0 Å². The van der Waals surface area contributed by atoms with Crippen molar-refractivity contribution in [1.82, 2.24) is 15.6 Å². The summed E-state index contributed by atoms with van der Waals surface area (Å²) in [5, 5.41) is 6.99. The van der Waals surface area contributed by atoms with Gasteiger partial charge in [0.1, 0.15) is 11.6 Å². The van der Waals surface area contributed by atoms with Crippen LogP contribution in [0.25, 0.3) is 0 Å². The van der Waals surface area contributed by atoms with Crippen LogP contribution in [0, 0.1) is 6.92 Å². The Kier molecular flexibility index (Phi) is 9.50. The number of hydrogen-bond donors (Lipinski definition) is 2. The number of ether oxygens (including phenoxy) is 1. The number of hydrogen-bond acceptors (Lipinski definition) is 4. The zero-order chi connectivity index (χ0) is 19.8. The zero-order valence-corrected chi connectivity index (χ0v) is 19.8. The van der Waals surface area contributed by atoms with Gasteiger partial charge in [-0.1, -0.05) is 18.2 Å². The highest BCUT2D eigenvalue weighted by Gasteiger charge is 2.20. The Morgan fingerprint density at radius 1 is 1.24 bits per heavy atom. The summed E-state index contributed by atoms with van der Waals surface area (Å²) in [6.45, 7) is 7.52. The monoisotopic (exact) mass is 509 g/mol. The van der Waals surface area contributed by atoms with Crippen LogP contribution in [0.5, 0.6) is 5.75 Å². The number of benzene rings is 1. The quantitative estimate of drug-likeness (QED) is 0.353. The smallest absolute Gasteiger partial charge is 0.191 e. The molecule has 1 fully saturated rings. The molecule has 6 nitrogen and oxygen atoms in total. The number of piperidine rings is 1. The summed E-state index contributed by atoms with van der Waals surface area (Å²) < 4.78 is 5.61. The number of nitrogens with zero attached hydrogens (tertiary/aromatic N) is 3. The van der Waals surface area contributed by atoms with Crippen LogP contribution in [-0.4, -0.2) is 43.7 Å². The summed E-state index contributed by atoms with van der Waals surface area (Å²) in [5.74, 6) is 2.87. The lowest BCUT2D eigenvalue weighted by molar-refractivity contribution is 0.338. The van der Waals surface area contributed by atoms with E-state index in [0.717, 1.165) is 55.6 Å². The van der Waals surface area contributed by atoms with Crippen LogP contribution in [0.3, 0.4) is 0 Å². The molecule has 0 atom stereocenters. The Morgan fingerprint density at radius 3 is 2.66 bits per heavy atom. The molecule has 2 N–H and O–H groups in total. The summed E-state index contributed by atoms with van der Waals surface area (Å²) in [5.41, 5.74) is 2.37. The van der Waals surface area contributed by atoms with Gasteiger partial charge in [-0.3, -0.25) is 4.99 Å². The van der Waals surface area contributed by atoms with Crippen LogP contribution in [0.4, 0.5) is 5.82 Å². The average Bonchev–Trinajstić information content (AvgIpc) is 2.74. The summed E-state index contributed by atoms with van der Waals surface area (Å²) >= 11 is 0. The van der Waals surface area contributed by atoms with Crippen LogP contribution < -0.4 is 20.3 Å². The zero-order valence-electron chi connectivity index (χ0n) is 17.5. The predicted octanol–water partition coefficient (Wildman–Crippen LogP) is 3.74. The molecule has 1 aliphatic rings. The lowest BCUT2D eigenvalue weighted by Crippen LogP contribution is -2.48. The van der Waals surface area contributed by atoms with Crippen LogP contribution in [0.2, 0.25) is 0 Å². The minimum atomic E-state index is 0. The van der Waals surface area contributed by atoms with Crippen molar-refractivity contribution in [1.29, 1.82) is 0 Å². The van der Waals surface area contributed by atoms with E-state index in [1.165, 1.54) is 5.56 Å². The van der Waals surface area contributed by atoms with Crippen molar-refractivity contribution in [2.24, 2.45) is 4.99 Å². The molecule has 0 unspecified atom stereocenters. The highest BCUT2D eigenvalue weighted by molar-refractivity contribution is 14.0. The minimum Gasteiger partial charge on any atom is -0.494 e. The third kappa shape index (κ3) is 6.76. The minimum absolute atomic E-state index is 0. The number of pyridine rings is 1. The van der Waals surface area contributed by atoms with E-state index in [1.54, 1.807) is 0 Å². The third-order valence-corrected chi connectivity index (χ3v) is 5.03. The predicted molar refractivity (Wildman–Crippen MR) is 131 cm³/mol. The Labute approximate surface area is 191 Å². The highest BCUT2D eigenvalue weighted by atomic mass is 127. The molecule has 0 aliphatic carbocycles. The second-order valence-electron chi connectivity index (χ2n) is 7.05. The van der Waals surface area contributed by atoms with E-state index >= 15 is 0 Å². The second-order valence-corrected chi connectivity index (χ2v) is 7.05. The Balaban J connectivity index is 0.00000300. The van der Waals surface area contributed by atoms with E-state index in [4.69, 9.17) is 4.74 Å². The molecule has 0 spiro atoms. The largest absolute Gasteiger partial charge is 0.494 e. The van der Waals surface area contributed by atoms with E-state index < -0.39 is 0 Å². The van der Waals surface area contributed by atoms with Gasteiger partial charge < -0.3 is 20.3 Å². The van der Waals surface area contributed by atoms with Gasteiger partial charge in [-0.2, -0.15) is 0 Å². The Bertz CT molecular complexity index is 776. The van der Waals surface area contributed by atoms with Crippen molar-refractivity contribution in [2.75, 3.05) is 31.6 Å². The van der Waals surface area contributed by atoms with Gasteiger partial charge in [0, 0.05) is 38.9 Å². The fourth-order valence-corrected chi connectivity index (χ4v) is 3.51. The topological polar surface area (TPSA) is 61.8 Å². The second kappa shape index (κ2) is 11.8. The van der Waals surface area contributed by atoms with E-state index in [1.807, 2.05) is 38.4 Å². The van der Waals surface area contributed by atoms with Crippen LogP contribution in [0.1, 0.15) is 30.9 Å². The maximum Gasteiger partial charge on any atom is 0.191 e. The number of aliphatic imine (C=N–C) groups is 1. The molecule has 1 aromatic carbocycles. The first-order chi connectivity index (χ1) is 13.7. The Hall–Kier alpha value is -2.03. The van der Waals surface area contributed by atoms with Crippen molar-refractivity contribution >= 4 is 35.8 Å². The molecule has 0 saturated carbocycles. The summed E-state index contributed by atoms with van der Waals surface area (Å²) in [7, 11) is 1.82. The Morgan fingerprint density at radius 2 is 2.03 bits per heavy atom. The van der Waals surface area contributed by atoms with Crippen molar-refractivity contribution < 1.29 is 4.74 Å². The van der Waals surface area contributed by atoms with E-state index in [-0.39, 0.29) is 24.0 Å². The van der Waals surface area contributed by atoms with E-state index in [9.17, 15) is 0 Å². The first-order valence-electron chi connectivity index (χ1n) is 10.0. The van der Waals surface area contributed by atoms with Crippen LogP contribution >= 0.6 is 24.0 Å². The average molecular weight is 509 g/mol. The number of halogens is 1. The molecule has 1 aromatic heterocycles. The first-order valence-corrected chi connectivity index (χ1v) is 10.0.